The SMILES string of the molecule is C[C@H](NCc1cccc(O)c1)c1cccc(Cl)c1. The van der Waals surface area contributed by atoms with Gasteiger partial charge >= 0.3 is 0 Å². The van der Waals surface area contributed by atoms with Crippen LogP contribution in [0.4, 0.5) is 0 Å². The molecule has 2 nitrogen and oxygen atoms in total. The van der Waals surface area contributed by atoms with Crippen LogP contribution in [0, 0.1) is 0 Å². The molecule has 0 aliphatic heterocycles. The molecule has 3 heteroatoms. The highest BCUT2D eigenvalue weighted by Gasteiger charge is 2.05. The zero-order valence-electron chi connectivity index (χ0n) is 10.2. The lowest BCUT2D eigenvalue weighted by molar-refractivity contribution is 0.473. The number of nitrogens with one attached hydrogen (secondary N) is 1. The van der Waals surface area contributed by atoms with Gasteiger partial charge in [0, 0.05) is 17.6 Å². The molecule has 2 rings (SSSR count). The van der Waals surface area contributed by atoms with E-state index in [1.807, 2.05) is 36.4 Å². The van der Waals surface area contributed by atoms with E-state index in [0.717, 1.165) is 16.1 Å². The average Bonchev–Trinajstić information content (AvgIpc) is 2.36. The van der Waals surface area contributed by atoms with Crippen LogP contribution in [0.5, 0.6) is 5.75 Å². The molecule has 0 spiro atoms. The number of aromatic hydroxyl groups is 1. The minimum atomic E-state index is 0.214. The molecule has 0 radical (unpaired) electrons. The zero-order valence-corrected chi connectivity index (χ0v) is 11.0. The molecule has 0 aliphatic rings. The van der Waals surface area contributed by atoms with E-state index in [9.17, 15) is 5.11 Å². The molecule has 0 saturated carbocycles. The fraction of sp³-hybridized carbons (Fsp3) is 0.200. The Morgan fingerprint density at radius 2 is 1.94 bits per heavy atom. The first-order chi connectivity index (χ1) is 8.65. The highest BCUT2D eigenvalue weighted by molar-refractivity contribution is 6.30. The number of phenols is 1. The fourth-order valence-corrected chi connectivity index (χ4v) is 2.03. The Morgan fingerprint density at radius 1 is 1.17 bits per heavy atom. The maximum atomic E-state index is 9.39. The number of rotatable bonds is 4. The molecule has 1 atom stereocenters. The van der Waals surface area contributed by atoms with E-state index in [4.69, 9.17) is 11.6 Å². The summed E-state index contributed by atoms with van der Waals surface area (Å²) in [6.07, 6.45) is 0. The number of phenolic OH excluding ortho intramolecular Hbond substituents is 1. The summed E-state index contributed by atoms with van der Waals surface area (Å²) in [5.41, 5.74) is 2.21. The summed E-state index contributed by atoms with van der Waals surface area (Å²) in [4.78, 5) is 0. The van der Waals surface area contributed by atoms with Gasteiger partial charge in [-0.2, -0.15) is 0 Å². The Bertz CT molecular complexity index is 527. The van der Waals surface area contributed by atoms with Gasteiger partial charge in [0.2, 0.25) is 0 Å². The van der Waals surface area contributed by atoms with E-state index in [1.54, 1.807) is 12.1 Å². The van der Waals surface area contributed by atoms with Crippen LogP contribution in [0.3, 0.4) is 0 Å². The van der Waals surface area contributed by atoms with Crippen LogP contribution in [0.15, 0.2) is 48.5 Å². The third-order valence-electron chi connectivity index (χ3n) is 2.87. The molecule has 18 heavy (non-hydrogen) atoms. The molecule has 0 heterocycles. The Kier molecular flexibility index (Phi) is 4.24. The molecule has 2 aromatic carbocycles. The second-order valence-electron chi connectivity index (χ2n) is 4.33. The summed E-state index contributed by atoms with van der Waals surface area (Å²) in [6, 6.07) is 15.3. The molecule has 0 bridgehead atoms. The van der Waals surface area contributed by atoms with Crippen molar-refractivity contribution in [3.05, 3.63) is 64.7 Å². The fourth-order valence-electron chi connectivity index (χ4n) is 1.83. The lowest BCUT2D eigenvalue weighted by atomic mass is 10.1. The van der Waals surface area contributed by atoms with Crippen LogP contribution in [-0.2, 0) is 6.54 Å². The van der Waals surface area contributed by atoms with Crippen LogP contribution in [0.2, 0.25) is 5.02 Å². The van der Waals surface area contributed by atoms with E-state index in [1.165, 1.54) is 0 Å². The third-order valence-corrected chi connectivity index (χ3v) is 3.11. The van der Waals surface area contributed by atoms with Crippen molar-refractivity contribution in [1.82, 2.24) is 5.32 Å². The molecule has 0 aromatic heterocycles. The summed E-state index contributed by atoms with van der Waals surface area (Å²) in [6.45, 7) is 2.80. The second-order valence-corrected chi connectivity index (χ2v) is 4.76. The molecule has 2 N–H and O–H groups in total. The topological polar surface area (TPSA) is 32.3 Å². The maximum Gasteiger partial charge on any atom is 0.115 e. The van der Waals surface area contributed by atoms with Crippen LogP contribution in [-0.4, -0.2) is 5.11 Å². The molecular weight excluding hydrogens is 246 g/mol. The number of benzene rings is 2. The molecule has 0 unspecified atom stereocenters. The molecule has 2 aromatic rings. The zero-order chi connectivity index (χ0) is 13.0. The smallest absolute Gasteiger partial charge is 0.115 e. The summed E-state index contributed by atoms with van der Waals surface area (Å²) in [5, 5.41) is 13.5. The van der Waals surface area contributed by atoms with Crippen molar-refractivity contribution in [3.63, 3.8) is 0 Å². The van der Waals surface area contributed by atoms with Gasteiger partial charge in [-0.05, 0) is 42.3 Å². The van der Waals surface area contributed by atoms with Gasteiger partial charge in [-0.3, -0.25) is 0 Å². The average molecular weight is 262 g/mol. The van der Waals surface area contributed by atoms with Crippen LogP contribution < -0.4 is 5.32 Å². The van der Waals surface area contributed by atoms with Gasteiger partial charge in [0.1, 0.15) is 5.75 Å². The Hall–Kier alpha value is -1.51. The molecule has 0 aliphatic carbocycles. The van der Waals surface area contributed by atoms with Gasteiger partial charge in [-0.15, -0.1) is 0 Å². The largest absolute Gasteiger partial charge is 0.508 e. The Balaban J connectivity index is 1.98. The van der Waals surface area contributed by atoms with E-state index in [-0.39, 0.29) is 6.04 Å². The minimum absolute atomic E-state index is 0.214. The lowest BCUT2D eigenvalue weighted by Crippen LogP contribution is -2.17. The van der Waals surface area contributed by atoms with Crippen molar-refractivity contribution >= 4 is 11.6 Å². The van der Waals surface area contributed by atoms with Crippen LogP contribution in [0.1, 0.15) is 24.1 Å². The highest BCUT2D eigenvalue weighted by Crippen LogP contribution is 2.18. The first-order valence-corrected chi connectivity index (χ1v) is 6.30. The van der Waals surface area contributed by atoms with Crippen molar-refractivity contribution in [2.75, 3.05) is 0 Å². The quantitative estimate of drug-likeness (QED) is 0.875. The lowest BCUT2D eigenvalue weighted by Gasteiger charge is -2.14. The molecule has 0 amide bonds. The van der Waals surface area contributed by atoms with Gasteiger partial charge in [0.05, 0.1) is 0 Å². The first-order valence-electron chi connectivity index (χ1n) is 5.92. The standard InChI is InChI=1S/C15H16ClNO/c1-11(13-5-3-6-14(16)9-13)17-10-12-4-2-7-15(18)8-12/h2-9,11,17-18H,10H2,1H3/t11-/m0/s1. The molecule has 0 saturated heterocycles. The van der Waals surface area contributed by atoms with Gasteiger partial charge in [0.25, 0.3) is 0 Å². The highest BCUT2D eigenvalue weighted by atomic mass is 35.5. The second kappa shape index (κ2) is 5.89. The van der Waals surface area contributed by atoms with Crippen LogP contribution >= 0.6 is 11.6 Å². The first kappa shape index (κ1) is 12.9. The summed E-state index contributed by atoms with van der Waals surface area (Å²) >= 11 is 5.97. The number of halogens is 1. The number of hydrogen-bond donors (Lipinski definition) is 2. The van der Waals surface area contributed by atoms with E-state index < -0.39 is 0 Å². The van der Waals surface area contributed by atoms with Crippen molar-refractivity contribution < 1.29 is 5.11 Å². The summed E-state index contributed by atoms with van der Waals surface area (Å²) in [5.74, 6) is 0.296. The third kappa shape index (κ3) is 3.49. The van der Waals surface area contributed by atoms with Crippen molar-refractivity contribution in [2.24, 2.45) is 0 Å². The Labute approximate surface area is 112 Å². The van der Waals surface area contributed by atoms with Crippen molar-refractivity contribution in [2.45, 2.75) is 19.5 Å². The molecule has 0 fully saturated rings. The normalized spacial score (nSPS) is 12.3. The van der Waals surface area contributed by atoms with E-state index >= 15 is 0 Å². The van der Waals surface area contributed by atoms with Gasteiger partial charge in [-0.1, -0.05) is 35.9 Å². The maximum absolute atomic E-state index is 9.39. The van der Waals surface area contributed by atoms with Gasteiger partial charge in [-0.25, -0.2) is 0 Å². The predicted octanol–water partition coefficient (Wildman–Crippen LogP) is 3.90. The van der Waals surface area contributed by atoms with Gasteiger partial charge in [0.15, 0.2) is 0 Å². The van der Waals surface area contributed by atoms with E-state index in [2.05, 4.69) is 12.2 Å². The number of hydrogen-bond acceptors (Lipinski definition) is 2. The van der Waals surface area contributed by atoms with Gasteiger partial charge < -0.3 is 10.4 Å². The summed E-state index contributed by atoms with van der Waals surface area (Å²) in [7, 11) is 0. The molecule has 94 valence electrons. The monoisotopic (exact) mass is 261 g/mol. The summed E-state index contributed by atoms with van der Waals surface area (Å²) < 4.78 is 0. The van der Waals surface area contributed by atoms with Crippen LogP contribution in [0.25, 0.3) is 0 Å². The minimum Gasteiger partial charge on any atom is -0.508 e. The van der Waals surface area contributed by atoms with E-state index in [0.29, 0.717) is 12.3 Å². The Morgan fingerprint density at radius 3 is 2.67 bits per heavy atom. The van der Waals surface area contributed by atoms with Crippen molar-refractivity contribution in [1.29, 1.82) is 0 Å². The molecular formula is C15H16ClNO. The van der Waals surface area contributed by atoms with Crippen molar-refractivity contribution in [3.8, 4) is 5.75 Å². The predicted molar refractivity (Wildman–Crippen MR) is 74.8 cm³/mol.